The molecule has 0 aliphatic heterocycles. The molecule has 0 saturated heterocycles. The highest BCUT2D eigenvalue weighted by atomic mass is 32.1. The number of rotatable bonds is 8. The normalized spacial score (nSPS) is 13.9. The number of fused-ring (bicyclic) bond motifs is 1. The molecule has 0 radical (unpaired) electrons. The van der Waals surface area contributed by atoms with E-state index in [2.05, 4.69) is 15.3 Å². The fourth-order valence-corrected chi connectivity index (χ4v) is 5.76. The molecule has 3 heterocycles. The Morgan fingerprint density at radius 1 is 1.11 bits per heavy atom. The van der Waals surface area contributed by atoms with Crippen molar-refractivity contribution >= 4 is 51.5 Å². The summed E-state index contributed by atoms with van der Waals surface area (Å²) in [6, 6.07) is 11.3. The number of thiazole rings is 1. The number of benzene rings is 1. The number of nitrogens with zero attached hydrogens (tertiary/aromatic N) is 4. The van der Waals surface area contributed by atoms with E-state index in [-0.39, 0.29) is 30.7 Å². The van der Waals surface area contributed by atoms with E-state index < -0.39 is 5.91 Å². The van der Waals surface area contributed by atoms with Crippen molar-refractivity contribution in [2.75, 3.05) is 17.3 Å². The maximum atomic E-state index is 13.1. The van der Waals surface area contributed by atoms with Crippen LogP contribution in [0.3, 0.4) is 0 Å². The van der Waals surface area contributed by atoms with Crippen molar-refractivity contribution < 1.29 is 14.4 Å². The highest BCUT2D eigenvalue weighted by Crippen LogP contribution is 2.31. The first-order valence-corrected chi connectivity index (χ1v) is 13.6. The van der Waals surface area contributed by atoms with Gasteiger partial charge in [-0.1, -0.05) is 25.3 Å². The summed E-state index contributed by atoms with van der Waals surface area (Å²) in [6.45, 7) is 0.289. The number of nitrogens with two attached hydrogens (primary N) is 1. The Bertz CT molecular complexity index is 1470. The largest absolute Gasteiger partial charge is 0.370 e. The molecule has 0 bridgehead atoms. The number of nitrogens with one attached hydrogen (secondary N) is 1. The molecule has 3 amide bonds. The Labute approximate surface area is 224 Å². The lowest BCUT2D eigenvalue weighted by atomic mass is 9.88. The Morgan fingerprint density at radius 2 is 1.87 bits per heavy atom. The minimum absolute atomic E-state index is 0.0519. The molecule has 1 fully saturated rings. The molecule has 38 heavy (non-hydrogen) atoms. The summed E-state index contributed by atoms with van der Waals surface area (Å²) in [4.78, 5) is 48.1. The SMILES string of the molecule is CN(C(=O)C1CCCCC1)c1ccc2cc(NC(=O)c3csc(-c4ccncc4)n3)n(CCC(N)=O)c2c1. The first-order chi connectivity index (χ1) is 18.4. The molecule has 3 N–H and O–H groups in total. The van der Waals surface area contributed by atoms with E-state index in [1.54, 1.807) is 29.7 Å². The van der Waals surface area contributed by atoms with Crippen LogP contribution >= 0.6 is 11.3 Å². The van der Waals surface area contributed by atoms with Crippen LogP contribution in [0.2, 0.25) is 0 Å². The first kappa shape index (κ1) is 25.6. The smallest absolute Gasteiger partial charge is 0.276 e. The van der Waals surface area contributed by atoms with Crippen molar-refractivity contribution in [2.24, 2.45) is 11.7 Å². The van der Waals surface area contributed by atoms with Gasteiger partial charge < -0.3 is 20.5 Å². The van der Waals surface area contributed by atoms with Gasteiger partial charge in [0.2, 0.25) is 11.8 Å². The Morgan fingerprint density at radius 3 is 2.61 bits per heavy atom. The molecule has 0 spiro atoms. The average molecular weight is 531 g/mol. The zero-order valence-corrected chi connectivity index (χ0v) is 22.0. The van der Waals surface area contributed by atoms with Crippen LogP contribution < -0.4 is 16.0 Å². The summed E-state index contributed by atoms with van der Waals surface area (Å²) < 4.78 is 1.86. The van der Waals surface area contributed by atoms with Crippen molar-refractivity contribution in [1.29, 1.82) is 0 Å². The van der Waals surface area contributed by atoms with Gasteiger partial charge in [-0.25, -0.2) is 4.98 Å². The quantitative estimate of drug-likeness (QED) is 0.338. The summed E-state index contributed by atoms with van der Waals surface area (Å²) in [6.07, 6.45) is 8.69. The van der Waals surface area contributed by atoms with Gasteiger partial charge in [-0.3, -0.25) is 19.4 Å². The molecular weight excluding hydrogens is 500 g/mol. The third-order valence-electron chi connectivity index (χ3n) is 7.05. The molecule has 1 aliphatic carbocycles. The maximum Gasteiger partial charge on any atom is 0.276 e. The number of hydrogen-bond donors (Lipinski definition) is 2. The van der Waals surface area contributed by atoms with Crippen LogP contribution in [0.4, 0.5) is 11.5 Å². The summed E-state index contributed by atoms with van der Waals surface area (Å²) in [7, 11) is 1.81. The second kappa shape index (κ2) is 11.1. The molecule has 0 atom stereocenters. The number of pyridine rings is 1. The molecule has 1 saturated carbocycles. The van der Waals surface area contributed by atoms with Crippen molar-refractivity contribution in [2.45, 2.75) is 45.1 Å². The fraction of sp³-hybridized carbons (Fsp3) is 0.321. The standard InChI is InChI=1S/C28H30N6O3S/c1-33(28(37)19-5-3-2-4-6-19)21-8-7-20-15-25(34(23(20)16-21)14-11-24(29)35)32-26(36)22-17-38-27(31-22)18-9-12-30-13-10-18/h7-10,12-13,15-17,19H,2-6,11,14H2,1H3,(H2,29,35)(H,32,36). The number of amides is 3. The number of primary amides is 1. The number of aromatic nitrogens is 3. The minimum atomic E-state index is -0.439. The number of carbonyl (C=O) groups excluding carboxylic acids is 3. The minimum Gasteiger partial charge on any atom is -0.370 e. The summed E-state index contributed by atoms with van der Waals surface area (Å²) >= 11 is 1.38. The zero-order chi connectivity index (χ0) is 26.6. The Hall–Kier alpha value is -4.05. The zero-order valence-electron chi connectivity index (χ0n) is 21.2. The Balaban J connectivity index is 1.42. The predicted molar refractivity (Wildman–Crippen MR) is 149 cm³/mol. The average Bonchev–Trinajstić information content (AvgIpc) is 3.57. The van der Waals surface area contributed by atoms with Crippen molar-refractivity contribution in [3.8, 4) is 10.6 Å². The molecular formula is C28H30N6O3S. The lowest BCUT2D eigenvalue weighted by molar-refractivity contribution is -0.123. The second-order valence-electron chi connectivity index (χ2n) is 9.60. The molecule has 4 aromatic rings. The van der Waals surface area contributed by atoms with E-state index in [4.69, 9.17) is 5.73 Å². The predicted octanol–water partition coefficient (Wildman–Crippen LogP) is 4.83. The number of hydrogen-bond acceptors (Lipinski definition) is 6. The first-order valence-electron chi connectivity index (χ1n) is 12.8. The fourth-order valence-electron chi connectivity index (χ4n) is 4.95. The van der Waals surface area contributed by atoms with Gasteiger partial charge in [0.05, 0.1) is 5.52 Å². The van der Waals surface area contributed by atoms with E-state index in [9.17, 15) is 14.4 Å². The van der Waals surface area contributed by atoms with Crippen molar-refractivity contribution in [3.63, 3.8) is 0 Å². The van der Waals surface area contributed by atoms with Gasteiger partial charge in [-0.2, -0.15) is 0 Å². The summed E-state index contributed by atoms with van der Waals surface area (Å²) in [5, 5.41) is 6.27. The van der Waals surface area contributed by atoms with Crippen LogP contribution in [-0.2, 0) is 16.1 Å². The molecule has 5 rings (SSSR count). The Kier molecular flexibility index (Phi) is 7.50. The van der Waals surface area contributed by atoms with Gasteiger partial charge in [-0.05, 0) is 43.2 Å². The van der Waals surface area contributed by atoms with Gasteiger partial charge in [0.15, 0.2) is 0 Å². The molecule has 10 heteroatoms. The second-order valence-corrected chi connectivity index (χ2v) is 10.5. The third kappa shape index (κ3) is 5.45. The lowest BCUT2D eigenvalue weighted by Crippen LogP contribution is -2.33. The van der Waals surface area contributed by atoms with E-state index in [1.165, 1.54) is 17.8 Å². The van der Waals surface area contributed by atoms with Gasteiger partial charge in [0, 0.05) is 60.3 Å². The van der Waals surface area contributed by atoms with Gasteiger partial charge >= 0.3 is 0 Å². The van der Waals surface area contributed by atoms with E-state index in [0.717, 1.165) is 52.8 Å². The summed E-state index contributed by atoms with van der Waals surface area (Å²) in [5.74, 6) is -0.0820. The molecule has 3 aromatic heterocycles. The lowest BCUT2D eigenvalue weighted by Gasteiger charge is -2.26. The topological polar surface area (TPSA) is 123 Å². The number of anilines is 2. The molecule has 196 valence electrons. The molecule has 1 aromatic carbocycles. The van der Waals surface area contributed by atoms with E-state index in [0.29, 0.717) is 11.5 Å². The van der Waals surface area contributed by atoms with Crippen LogP contribution in [0, 0.1) is 5.92 Å². The molecule has 0 unspecified atom stereocenters. The van der Waals surface area contributed by atoms with E-state index >= 15 is 0 Å². The number of aryl methyl sites for hydroxylation is 1. The van der Waals surface area contributed by atoms with Crippen LogP contribution in [-0.4, -0.2) is 39.3 Å². The third-order valence-corrected chi connectivity index (χ3v) is 7.94. The maximum absolute atomic E-state index is 13.1. The summed E-state index contributed by atoms with van der Waals surface area (Å²) in [5.41, 5.74) is 8.21. The van der Waals surface area contributed by atoms with Crippen LogP contribution in [0.25, 0.3) is 21.5 Å². The van der Waals surface area contributed by atoms with Crippen molar-refractivity contribution in [1.82, 2.24) is 14.5 Å². The van der Waals surface area contributed by atoms with Crippen LogP contribution in [0.1, 0.15) is 49.0 Å². The van der Waals surface area contributed by atoms with Crippen molar-refractivity contribution in [3.05, 3.63) is 59.9 Å². The van der Waals surface area contributed by atoms with Crippen LogP contribution in [0.5, 0.6) is 0 Å². The van der Waals surface area contributed by atoms with Gasteiger partial charge in [-0.15, -0.1) is 11.3 Å². The van der Waals surface area contributed by atoms with Gasteiger partial charge in [0.1, 0.15) is 16.5 Å². The number of carbonyl (C=O) groups is 3. The van der Waals surface area contributed by atoms with Gasteiger partial charge in [0.25, 0.3) is 5.91 Å². The monoisotopic (exact) mass is 530 g/mol. The highest BCUT2D eigenvalue weighted by molar-refractivity contribution is 7.13. The molecule has 1 aliphatic rings. The van der Waals surface area contributed by atoms with E-state index in [1.807, 2.05) is 41.0 Å². The van der Waals surface area contributed by atoms with Crippen LogP contribution in [0.15, 0.2) is 54.2 Å². The highest BCUT2D eigenvalue weighted by Gasteiger charge is 2.25. The molecule has 9 nitrogen and oxygen atoms in total.